The van der Waals surface area contributed by atoms with Gasteiger partial charge >= 0.3 is 0 Å². The Kier molecular flexibility index (Phi) is 4.62. The number of hydrogen-bond acceptors (Lipinski definition) is 2. The minimum atomic E-state index is 0.264. The van der Waals surface area contributed by atoms with Crippen molar-refractivity contribution in [3.8, 4) is 0 Å². The summed E-state index contributed by atoms with van der Waals surface area (Å²) in [5, 5.41) is 7.75. The van der Waals surface area contributed by atoms with E-state index in [1.54, 1.807) is 0 Å². The van der Waals surface area contributed by atoms with E-state index < -0.39 is 0 Å². The first-order chi connectivity index (χ1) is 8.80. The third kappa shape index (κ3) is 4.46. The highest BCUT2D eigenvalue weighted by Gasteiger charge is 2.38. The molecule has 2 aliphatic rings. The largest absolute Gasteiger partial charge is 0.311 e. The van der Waals surface area contributed by atoms with E-state index in [1.807, 2.05) is 0 Å². The number of nitrogens with one attached hydrogen (secondary N) is 2. The van der Waals surface area contributed by atoms with Gasteiger partial charge in [0.05, 0.1) is 0 Å². The van der Waals surface area contributed by atoms with Crippen LogP contribution in [0.3, 0.4) is 0 Å². The molecule has 1 heterocycles. The van der Waals surface area contributed by atoms with Gasteiger partial charge in [0.15, 0.2) is 0 Å². The summed E-state index contributed by atoms with van der Waals surface area (Å²) in [4.78, 5) is 0. The van der Waals surface area contributed by atoms with Crippen LogP contribution in [0, 0.1) is 5.92 Å². The summed E-state index contributed by atoms with van der Waals surface area (Å²) >= 11 is 0. The van der Waals surface area contributed by atoms with Crippen molar-refractivity contribution in [3.05, 3.63) is 0 Å². The fourth-order valence-electron chi connectivity index (χ4n) is 4.51. The molecule has 0 aromatic rings. The molecule has 1 saturated carbocycles. The average molecular weight is 266 g/mol. The van der Waals surface area contributed by atoms with Crippen molar-refractivity contribution < 1.29 is 0 Å². The zero-order valence-electron chi connectivity index (χ0n) is 13.7. The first-order valence-electron chi connectivity index (χ1n) is 8.35. The molecule has 2 nitrogen and oxygen atoms in total. The quantitative estimate of drug-likeness (QED) is 0.810. The molecule has 2 fully saturated rings. The average Bonchev–Trinajstić information content (AvgIpc) is 2.25. The monoisotopic (exact) mass is 266 g/mol. The van der Waals surface area contributed by atoms with Crippen LogP contribution in [0.5, 0.6) is 0 Å². The molecule has 0 radical (unpaired) electrons. The molecular formula is C17H34N2. The van der Waals surface area contributed by atoms with E-state index >= 15 is 0 Å². The number of rotatable bonds is 3. The second-order valence-corrected chi connectivity index (χ2v) is 8.29. The summed E-state index contributed by atoms with van der Waals surface area (Å²) in [7, 11) is 0. The SMILES string of the molecule is CCC1CCC(NC2CC(C)(C)NC(C)(C)C2)CC1. The van der Waals surface area contributed by atoms with Gasteiger partial charge in [0.25, 0.3) is 0 Å². The highest BCUT2D eigenvalue weighted by molar-refractivity contribution is 5.00. The van der Waals surface area contributed by atoms with Gasteiger partial charge in [-0.15, -0.1) is 0 Å². The fraction of sp³-hybridized carbons (Fsp3) is 1.00. The Morgan fingerprint density at radius 2 is 1.42 bits per heavy atom. The Morgan fingerprint density at radius 1 is 0.895 bits per heavy atom. The zero-order chi connectivity index (χ0) is 14.1. The van der Waals surface area contributed by atoms with Crippen LogP contribution in [-0.2, 0) is 0 Å². The Bertz CT molecular complexity index is 272. The molecule has 2 heteroatoms. The summed E-state index contributed by atoms with van der Waals surface area (Å²) in [6.45, 7) is 11.7. The second kappa shape index (κ2) is 5.73. The van der Waals surface area contributed by atoms with Crippen LogP contribution in [0.1, 0.15) is 79.6 Å². The molecule has 0 spiro atoms. The van der Waals surface area contributed by atoms with Crippen molar-refractivity contribution in [1.29, 1.82) is 0 Å². The lowest BCUT2D eigenvalue weighted by atomic mass is 9.78. The molecule has 2 rings (SSSR count). The van der Waals surface area contributed by atoms with E-state index in [1.165, 1.54) is 44.9 Å². The highest BCUT2D eigenvalue weighted by Crippen LogP contribution is 2.31. The van der Waals surface area contributed by atoms with Gasteiger partial charge in [0.1, 0.15) is 0 Å². The minimum Gasteiger partial charge on any atom is -0.311 e. The molecule has 1 aliphatic carbocycles. The molecule has 0 bridgehead atoms. The standard InChI is InChI=1S/C17H34N2/c1-6-13-7-9-14(10-8-13)18-15-11-16(2,3)19-17(4,5)12-15/h13-15,18-19H,6-12H2,1-5H3. The number of hydrogen-bond donors (Lipinski definition) is 2. The lowest BCUT2D eigenvalue weighted by Gasteiger charge is -2.48. The van der Waals surface area contributed by atoms with E-state index in [9.17, 15) is 0 Å². The lowest BCUT2D eigenvalue weighted by Crippen LogP contribution is -2.62. The van der Waals surface area contributed by atoms with Gasteiger partial charge in [-0.25, -0.2) is 0 Å². The predicted octanol–water partition coefficient (Wildman–Crippen LogP) is 3.85. The Morgan fingerprint density at radius 3 is 1.89 bits per heavy atom. The smallest absolute Gasteiger partial charge is 0.0144 e. The maximum absolute atomic E-state index is 3.97. The van der Waals surface area contributed by atoms with Crippen molar-refractivity contribution >= 4 is 0 Å². The van der Waals surface area contributed by atoms with Gasteiger partial charge < -0.3 is 10.6 Å². The normalized spacial score (nSPS) is 35.2. The van der Waals surface area contributed by atoms with Crippen molar-refractivity contribution in [2.24, 2.45) is 5.92 Å². The Labute approximate surface area is 120 Å². The van der Waals surface area contributed by atoms with Crippen molar-refractivity contribution in [2.45, 2.75) is 103 Å². The van der Waals surface area contributed by atoms with E-state index in [2.05, 4.69) is 45.3 Å². The van der Waals surface area contributed by atoms with Crippen molar-refractivity contribution in [2.75, 3.05) is 0 Å². The summed E-state index contributed by atoms with van der Waals surface area (Å²) in [5.41, 5.74) is 0.528. The third-order valence-electron chi connectivity index (χ3n) is 5.09. The third-order valence-corrected chi connectivity index (χ3v) is 5.09. The zero-order valence-corrected chi connectivity index (χ0v) is 13.7. The maximum atomic E-state index is 3.97. The van der Waals surface area contributed by atoms with Crippen LogP contribution in [0.25, 0.3) is 0 Å². The first kappa shape index (κ1) is 15.3. The lowest BCUT2D eigenvalue weighted by molar-refractivity contribution is 0.131. The molecular weight excluding hydrogens is 232 g/mol. The number of piperidine rings is 1. The van der Waals surface area contributed by atoms with E-state index in [0.29, 0.717) is 6.04 Å². The molecule has 0 amide bonds. The molecule has 112 valence electrons. The van der Waals surface area contributed by atoms with E-state index in [4.69, 9.17) is 0 Å². The van der Waals surface area contributed by atoms with Crippen LogP contribution >= 0.6 is 0 Å². The molecule has 0 aromatic heterocycles. The molecule has 0 atom stereocenters. The molecule has 1 saturated heterocycles. The molecule has 0 aromatic carbocycles. The summed E-state index contributed by atoms with van der Waals surface area (Å²) in [6, 6.07) is 1.46. The van der Waals surface area contributed by atoms with Gasteiger partial charge in [0, 0.05) is 23.2 Å². The van der Waals surface area contributed by atoms with Gasteiger partial charge in [-0.1, -0.05) is 13.3 Å². The topological polar surface area (TPSA) is 24.1 Å². The van der Waals surface area contributed by atoms with Crippen LogP contribution in [0.4, 0.5) is 0 Å². The summed E-state index contributed by atoms with van der Waals surface area (Å²) < 4.78 is 0. The van der Waals surface area contributed by atoms with Crippen molar-refractivity contribution in [3.63, 3.8) is 0 Å². The molecule has 1 aliphatic heterocycles. The van der Waals surface area contributed by atoms with Crippen molar-refractivity contribution in [1.82, 2.24) is 10.6 Å². The maximum Gasteiger partial charge on any atom is 0.0144 e. The van der Waals surface area contributed by atoms with Crippen LogP contribution < -0.4 is 10.6 Å². The fourth-order valence-corrected chi connectivity index (χ4v) is 4.51. The first-order valence-corrected chi connectivity index (χ1v) is 8.35. The molecule has 19 heavy (non-hydrogen) atoms. The molecule has 2 N–H and O–H groups in total. The Hall–Kier alpha value is -0.0800. The van der Waals surface area contributed by atoms with E-state index in [-0.39, 0.29) is 11.1 Å². The van der Waals surface area contributed by atoms with Gasteiger partial charge in [0.2, 0.25) is 0 Å². The van der Waals surface area contributed by atoms with Gasteiger partial charge in [-0.3, -0.25) is 0 Å². The van der Waals surface area contributed by atoms with E-state index in [0.717, 1.165) is 12.0 Å². The van der Waals surface area contributed by atoms with Gasteiger partial charge in [-0.2, -0.15) is 0 Å². The van der Waals surface area contributed by atoms with Crippen LogP contribution in [0.2, 0.25) is 0 Å². The second-order valence-electron chi connectivity index (χ2n) is 8.29. The van der Waals surface area contributed by atoms with Crippen LogP contribution in [0.15, 0.2) is 0 Å². The highest BCUT2D eigenvalue weighted by atomic mass is 15.1. The van der Waals surface area contributed by atoms with Crippen LogP contribution in [-0.4, -0.2) is 23.2 Å². The minimum absolute atomic E-state index is 0.264. The Balaban J connectivity index is 1.85. The van der Waals surface area contributed by atoms with Gasteiger partial charge in [-0.05, 0) is 72.1 Å². The molecule has 0 unspecified atom stereocenters. The summed E-state index contributed by atoms with van der Waals surface area (Å²) in [5.74, 6) is 0.999. The summed E-state index contributed by atoms with van der Waals surface area (Å²) in [6.07, 6.45) is 9.54. The predicted molar refractivity (Wildman–Crippen MR) is 83.5 cm³/mol.